The van der Waals surface area contributed by atoms with Crippen LogP contribution < -0.4 is 10.2 Å². The van der Waals surface area contributed by atoms with Crippen LogP contribution in [0.15, 0.2) is 29.6 Å². The minimum Gasteiger partial charge on any atom is -0.444 e. The van der Waals surface area contributed by atoms with E-state index in [-0.39, 0.29) is 0 Å². The Morgan fingerprint density at radius 1 is 1.32 bits per heavy atom. The Morgan fingerprint density at radius 3 is 2.68 bits per heavy atom. The third kappa shape index (κ3) is 5.41. The van der Waals surface area contributed by atoms with Crippen LogP contribution in [0.3, 0.4) is 0 Å². The van der Waals surface area contributed by atoms with E-state index < -0.39 is 24.0 Å². The summed E-state index contributed by atoms with van der Waals surface area (Å²) in [7, 11) is 0. The lowest BCUT2D eigenvalue weighted by atomic mass is 9.97. The highest BCUT2D eigenvalue weighted by Crippen LogP contribution is 2.31. The van der Waals surface area contributed by atoms with Gasteiger partial charge in [-0.15, -0.1) is 11.3 Å². The number of ether oxygens (including phenoxy) is 1. The van der Waals surface area contributed by atoms with Crippen molar-refractivity contribution in [1.29, 1.82) is 0 Å². The summed E-state index contributed by atoms with van der Waals surface area (Å²) in [6, 6.07) is 7.87. The molecular weight excluding hydrogens is 384 g/mol. The van der Waals surface area contributed by atoms with Crippen molar-refractivity contribution in [2.45, 2.75) is 45.6 Å². The number of nitrogens with one attached hydrogen (secondary N) is 1. The van der Waals surface area contributed by atoms with Crippen LogP contribution in [0.5, 0.6) is 0 Å². The molecule has 1 aliphatic heterocycles. The molecule has 1 aromatic carbocycles. The van der Waals surface area contributed by atoms with Gasteiger partial charge in [0.25, 0.3) is 0 Å². The van der Waals surface area contributed by atoms with Gasteiger partial charge in [-0.2, -0.15) is 0 Å². The van der Waals surface area contributed by atoms with E-state index in [0.29, 0.717) is 31.1 Å². The first-order valence-electron chi connectivity index (χ1n) is 9.30. The molecule has 0 atom stereocenters. The highest BCUT2D eigenvalue weighted by atomic mass is 32.1. The topological polar surface area (TPSA) is 54.5 Å². The maximum atomic E-state index is 12.9. The number of carbonyl (C=O) groups excluding carboxylic acids is 1. The lowest BCUT2D eigenvalue weighted by Crippen LogP contribution is -2.35. The third-order valence-electron chi connectivity index (χ3n) is 4.52. The first-order chi connectivity index (χ1) is 13.2. The number of alkyl halides is 2. The number of amides is 1. The zero-order valence-electron chi connectivity index (χ0n) is 16.2. The molecule has 1 aromatic heterocycles. The van der Waals surface area contributed by atoms with Crippen molar-refractivity contribution in [3.63, 3.8) is 0 Å². The SMILES string of the molecule is CC(C)(C)OC(=O)Nc1nc(-c2cccc(N3CCC(C(F)F)CC3)c2)cs1. The fraction of sp³-hybridized carbons (Fsp3) is 0.500. The average molecular weight is 410 g/mol. The van der Waals surface area contributed by atoms with Crippen molar-refractivity contribution in [2.75, 3.05) is 23.3 Å². The van der Waals surface area contributed by atoms with Crippen LogP contribution in [-0.4, -0.2) is 36.2 Å². The second-order valence-electron chi connectivity index (χ2n) is 7.87. The molecule has 0 spiro atoms. The summed E-state index contributed by atoms with van der Waals surface area (Å²) in [5, 5.41) is 4.98. The fourth-order valence-electron chi connectivity index (χ4n) is 3.13. The van der Waals surface area contributed by atoms with Crippen molar-refractivity contribution >= 4 is 28.2 Å². The molecule has 1 aliphatic rings. The van der Waals surface area contributed by atoms with E-state index in [1.807, 2.05) is 29.6 Å². The maximum Gasteiger partial charge on any atom is 0.413 e. The average Bonchev–Trinajstić information content (AvgIpc) is 3.08. The van der Waals surface area contributed by atoms with Crippen LogP contribution in [-0.2, 0) is 4.74 Å². The van der Waals surface area contributed by atoms with E-state index in [9.17, 15) is 13.6 Å². The second kappa shape index (κ2) is 8.43. The number of halogens is 2. The summed E-state index contributed by atoms with van der Waals surface area (Å²) in [5.74, 6) is -0.501. The summed E-state index contributed by atoms with van der Waals surface area (Å²) >= 11 is 1.32. The Labute approximate surface area is 167 Å². The van der Waals surface area contributed by atoms with Gasteiger partial charge in [0.1, 0.15) is 5.60 Å². The smallest absolute Gasteiger partial charge is 0.413 e. The van der Waals surface area contributed by atoms with E-state index >= 15 is 0 Å². The third-order valence-corrected chi connectivity index (χ3v) is 5.27. The van der Waals surface area contributed by atoms with Gasteiger partial charge in [-0.25, -0.2) is 18.6 Å². The molecule has 8 heteroatoms. The monoisotopic (exact) mass is 409 g/mol. The number of hydrogen-bond acceptors (Lipinski definition) is 5. The number of hydrogen-bond donors (Lipinski definition) is 1. The van der Waals surface area contributed by atoms with E-state index in [2.05, 4.69) is 15.2 Å². The van der Waals surface area contributed by atoms with Crippen molar-refractivity contribution in [3.8, 4) is 11.3 Å². The second-order valence-corrected chi connectivity index (χ2v) is 8.73. The Kier molecular flexibility index (Phi) is 6.17. The molecule has 0 unspecified atom stereocenters. The van der Waals surface area contributed by atoms with E-state index in [0.717, 1.165) is 16.9 Å². The molecule has 2 aromatic rings. The molecular formula is C20H25F2N3O2S. The van der Waals surface area contributed by atoms with Crippen LogP contribution in [0.2, 0.25) is 0 Å². The van der Waals surface area contributed by atoms with Gasteiger partial charge in [-0.3, -0.25) is 5.32 Å². The van der Waals surface area contributed by atoms with Crippen molar-refractivity contribution in [3.05, 3.63) is 29.6 Å². The van der Waals surface area contributed by atoms with Gasteiger partial charge in [0.15, 0.2) is 5.13 Å². The molecule has 152 valence electrons. The van der Waals surface area contributed by atoms with Gasteiger partial charge in [0, 0.05) is 35.6 Å². The van der Waals surface area contributed by atoms with Gasteiger partial charge in [-0.1, -0.05) is 12.1 Å². The van der Waals surface area contributed by atoms with Gasteiger partial charge < -0.3 is 9.64 Å². The Morgan fingerprint density at radius 2 is 2.04 bits per heavy atom. The van der Waals surface area contributed by atoms with E-state index in [1.165, 1.54) is 11.3 Å². The van der Waals surface area contributed by atoms with Gasteiger partial charge in [0.05, 0.1) is 5.69 Å². The summed E-state index contributed by atoms with van der Waals surface area (Å²) in [6.45, 7) is 6.66. The molecule has 1 saturated heterocycles. The number of nitrogens with zero attached hydrogens (tertiary/aromatic N) is 2. The van der Waals surface area contributed by atoms with Crippen molar-refractivity contribution in [2.24, 2.45) is 5.92 Å². The number of rotatable bonds is 4. The summed E-state index contributed by atoms with van der Waals surface area (Å²) in [5.41, 5.74) is 2.10. The highest BCUT2D eigenvalue weighted by Gasteiger charge is 2.26. The molecule has 0 bridgehead atoms. The summed E-state index contributed by atoms with van der Waals surface area (Å²) in [6.07, 6.45) is -1.77. The quantitative estimate of drug-likeness (QED) is 0.710. The van der Waals surface area contributed by atoms with Crippen LogP contribution in [0.4, 0.5) is 24.4 Å². The fourth-order valence-corrected chi connectivity index (χ4v) is 3.83. The number of piperidine rings is 1. The first-order valence-corrected chi connectivity index (χ1v) is 10.2. The zero-order chi connectivity index (χ0) is 20.3. The van der Waals surface area contributed by atoms with E-state index in [1.54, 1.807) is 20.8 Å². The molecule has 2 heterocycles. The number of aromatic nitrogens is 1. The highest BCUT2D eigenvalue weighted by molar-refractivity contribution is 7.14. The largest absolute Gasteiger partial charge is 0.444 e. The molecule has 0 aliphatic carbocycles. The zero-order valence-corrected chi connectivity index (χ0v) is 17.1. The molecule has 1 amide bonds. The van der Waals surface area contributed by atoms with Crippen molar-refractivity contribution in [1.82, 2.24) is 4.98 Å². The van der Waals surface area contributed by atoms with Crippen LogP contribution >= 0.6 is 11.3 Å². The minimum atomic E-state index is -2.24. The van der Waals surface area contributed by atoms with Gasteiger partial charge >= 0.3 is 6.09 Å². The molecule has 3 rings (SSSR count). The lowest BCUT2D eigenvalue weighted by Gasteiger charge is -2.33. The summed E-state index contributed by atoms with van der Waals surface area (Å²) < 4.78 is 30.9. The standard InChI is InChI=1S/C20H25F2N3O2S/c1-20(2,3)27-19(26)24-18-23-16(12-28-18)14-5-4-6-15(11-14)25-9-7-13(8-10-25)17(21)22/h4-6,11-13,17H,7-10H2,1-3H3,(H,23,24,26). The molecule has 1 fully saturated rings. The van der Waals surface area contributed by atoms with E-state index in [4.69, 9.17) is 4.74 Å². The maximum absolute atomic E-state index is 12.9. The minimum absolute atomic E-state index is 0.465. The van der Waals surface area contributed by atoms with Crippen LogP contribution in [0.25, 0.3) is 11.3 Å². The number of carbonyl (C=O) groups is 1. The normalized spacial score (nSPS) is 15.7. The molecule has 0 saturated carbocycles. The van der Waals surface area contributed by atoms with Gasteiger partial charge in [0.2, 0.25) is 6.43 Å². The predicted octanol–water partition coefficient (Wildman–Crippen LogP) is 5.64. The molecule has 1 N–H and O–H groups in total. The van der Waals surface area contributed by atoms with Crippen LogP contribution in [0, 0.1) is 5.92 Å². The summed E-state index contributed by atoms with van der Waals surface area (Å²) in [4.78, 5) is 18.5. The van der Waals surface area contributed by atoms with Gasteiger partial charge in [-0.05, 0) is 45.7 Å². The Bertz CT molecular complexity index is 812. The number of thiazole rings is 1. The van der Waals surface area contributed by atoms with Crippen LogP contribution in [0.1, 0.15) is 33.6 Å². The molecule has 0 radical (unpaired) electrons. The molecule has 28 heavy (non-hydrogen) atoms. The predicted molar refractivity (Wildman–Crippen MR) is 108 cm³/mol. The number of anilines is 2. The molecule has 5 nitrogen and oxygen atoms in total. The Balaban J connectivity index is 1.66. The first kappa shape index (κ1) is 20.5. The Hall–Kier alpha value is -2.22. The van der Waals surface area contributed by atoms with Crippen molar-refractivity contribution < 1.29 is 18.3 Å². The lowest BCUT2D eigenvalue weighted by molar-refractivity contribution is 0.0630. The number of benzene rings is 1.